The lowest BCUT2D eigenvalue weighted by Crippen LogP contribution is -2.33. The summed E-state index contributed by atoms with van der Waals surface area (Å²) in [5, 5.41) is 8.73. The second-order valence-corrected chi connectivity index (χ2v) is 9.06. The highest BCUT2D eigenvalue weighted by atomic mass is 32.2. The topological polar surface area (TPSA) is 23.5 Å². The van der Waals surface area contributed by atoms with Crippen LogP contribution < -0.4 is 0 Å². The Morgan fingerprint density at radius 3 is 1.28 bits per heavy atom. The lowest BCUT2D eigenvalue weighted by molar-refractivity contribution is 0.282. The average Bonchev–Trinajstić information content (AvgIpc) is 2.65. The van der Waals surface area contributed by atoms with Crippen LogP contribution in [-0.4, -0.2) is 47.8 Å². The largest absolute Gasteiger partial charge is 0.396 e. The van der Waals surface area contributed by atoms with Crippen molar-refractivity contribution in [2.75, 3.05) is 37.7 Å². The van der Waals surface area contributed by atoms with Crippen molar-refractivity contribution in [2.24, 2.45) is 0 Å². The first-order valence-corrected chi connectivity index (χ1v) is 12.5. The van der Waals surface area contributed by atoms with E-state index in [1.807, 2.05) is 0 Å². The molecule has 0 aromatic heterocycles. The van der Waals surface area contributed by atoms with E-state index in [1.165, 1.54) is 127 Å². The number of hydrogen-bond donors (Lipinski definition) is 1. The third-order valence-electron chi connectivity index (χ3n) is 5.49. The number of nitrogens with zero attached hydrogens (tertiary/aromatic N) is 1. The van der Waals surface area contributed by atoms with Gasteiger partial charge in [0.2, 0.25) is 0 Å². The third-order valence-corrected chi connectivity index (χ3v) is 6.43. The van der Waals surface area contributed by atoms with Crippen molar-refractivity contribution in [2.45, 2.75) is 103 Å². The number of thioether (sulfide) groups is 1. The minimum absolute atomic E-state index is 0.373. The monoisotopic (exact) mass is 371 g/mol. The molecule has 3 heteroatoms. The summed E-state index contributed by atoms with van der Waals surface area (Å²) in [6.45, 7) is 4.38. The molecule has 2 nitrogen and oxygen atoms in total. The van der Waals surface area contributed by atoms with E-state index in [0.29, 0.717) is 6.61 Å². The molecule has 0 aliphatic carbocycles. The van der Waals surface area contributed by atoms with Crippen molar-refractivity contribution in [1.29, 1.82) is 0 Å². The fourth-order valence-corrected chi connectivity index (χ4v) is 4.73. The second kappa shape index (κ2) is 19.0. The lowest BCUT2D eigenvalue weighted by Gasteiger charge is -2.25. The Bertz CT molecular complexity index is 256. The Morgan fingerprint density at radius 2 is 0.880 bits per heavy atom. The molecule has 0 unspecified atom stereocenters. The maximum Gasteiger partial charge on any atom is 0.0431 e. The van der Waals surface area contributed by atoms with E-state index in [-0.39, 0.29) is 0 Å². The molecule has 1 rings (SSSR count). The maximum absolute atomic E-state index is 8.73. The molecule has 0 saturated carbocycles. The lowest BCUT2D eigenvalue weighted by atomic mass is 10.0. The number of aliphatic hydroxyl groups is 1. The highest BCUT2D eigenvalue weighted by Crippen LogP contribution is 2.14. The maximum atomic E-state index is 8.73. The van der Waals surface area contributed by atoms with Gasteiger partial charge in [0, 0.05) is 31.2 Å². The van der Waals surface area contributed by atoms with Crippen molar-refractivity contribution < 1.29 is 5.11 Å². The Balaban J connectivity index is 1.65. The molecule has 0 atom stereocenters. The smallest absolute Gasteiger partial charge is 0.0431 e. The molecular weight excluding hydrogens is 326 g/mol. The average molecular weight is 372 g/mol. The minimum atomic E-state index is 0.373. The molecule has 0 bridgehead atoms. The quantitative estimate of drug-likeness (QED) is 0.287. The van der Waals surface area contributed by atoms with Gasteiger partial charge in [0.1, 0.15) is 0 Å². The van der Waals surface area contributed by atoms with E-state index in [9.17, 15) is 0 Å². The molecular formula is C22H45NOS. The SMILES string of the molecule is OCCCCCCCCCCCCCCCCCCN1CCSCC1. The zero-order valence-electron chi connectivity index (χ0n) is 16.9. The summed E-state index contributed by atoms with van der Waals surface area (Å²) in [4.78, 5) is 2.66. The van der Waals surface area contributed by atoms with Crippen LogP contribution in [0.5, 0.6) is 0 Å². The molecule has 1 fully saturated rings. The standard InChI is InChI=1S/C22H45NOS/c24-20-16-14-12-10-8-6-4-2-1-3-5-7-9-11-13-15-17-23-18-21-25-22-19-23/h24H,1-22H2. The van der Waals surface area contributed by atoms with Crippen molar-refractivity contribution in [3.63, 3.8) is 0 Å². The summed E-state index contributed by atoms with van der Waals surface area (Å²) in [6.07, 6.45) is 22.3. The zero-order chi connectivity index (χ0) is 17.8. The molecule has 1 saturated heterocycles. The number of unbranched alkanes of at least 4 members (excludes halogenated alkanes) is 15. The van der Waals surface area contributed by atoms with Crippen LogP contribution in [0.25, 0.3) is 0 Å². The van der Waals surface area contributed by atoms with E-state index in [0.717, 1.165) is 6.42 Å². The fourth-order valence-electron chi connectivity index (χ4n) is 3.75. The molecule has 1 N–H and O–H groups in total. The second-order valence-electron chi connectivity index (χ2n) is 7.83. The van der Waals surface area contributed by atoms with Gasteiger partial charge in [-0.05, 0) is 19.4 Å². The summed E-state index contributed by atoms with van der Waals surface area (Å²) >= 11 is 2.11. The van der Waals surface area contributed by atoms with E-state index in [2.05, 4.69) is 16.7 Å². The van der Waals surface area contributed by atoms with Crippen LogP contribution in [0, 0.1) is 0 Å². The van der Waals surface area contributed by atoms with Crippen molar-refractivity contribution >= 4 is 11.8 Å². The predicted octanol–water partition coefficient (Wildman–Crippen LogP) is 6.27. The third kappa shape index (κ3) is 16.2. The highest BCUT2D eigenvalue weighted by Gasteiger charge is 2.08. The first-order valence-electron chi connectivity index (χ1n) is 11.3. The summed E-state index contributed by atoms with van der Waals surface area (Å²) < 4.78 is 0. The molecule has 25 heavy (non-hydrogen) atoms. The minimum Gasteiger partial charge on any atom is -0.396 e. The van der Waals surface area contributed by atoms with Crippen molar-refractivity contribution in [1.82, 2.24) is 4.90 Å². The molecule has 0 aromatic carbocycles. The molecule has 0 spiro atoms. The number of aliphatic hydroxyl groups excluding tert-OH is 1. The molecule has 0 aromatic rings. The molecule has 0 radical (unpaired) electrons. The van der Waals surface area contributed by atoms with Crippen LogP contribution in [0.15, 0.2) is 0 Å². The summed E-state index contributed by atoms with van der Waals surface area (Å²) in [5.41, 5.74) is 0. The van der Waals surface area contributed by atoms with E-state index < -0.39 is 0 Å². The van der Waals surface area contributed by atoms with Crippen molar-refractivity contribution in [3.8, 4) is 0 Å². The van der Waals surface area contributed by atoms with Gasteiger partial charge in [-0.1, -0.05) is 89.9 Å². The predicted molar refractivity (Wildman–Crippen MR) is 115 cm³/mol. The Kier molecular flexibility index (Phi) is 17.8. The Morgan fingerprint density at radius 1 is 0.520 bits per heavy atom. The van der Waals surface area contributed by atoms with Crippen LogP contribution in [0.3, 0.4) is 0 Å². The summed E-state index contributed by atoms with van der Waals surface area (Å²) in [6, 6.07) is 0. The normalized spacial score (nSPS) is 15.7. The van der Waals surface area contributed by atoms with Gasteiger partial charge in [-0.2, -0.15) is 11.8 Å². The van der Waals surface area contributed by atoms with Gasteiger partial charge in [-0.15, -0.1) is 0 Å². The first-order chi connectivity index (χ1) is 12.4. The van der Waals surface area contributed by atoms with Crippen molar-refractivity contribution in [3.05, 3.63) is 0 Å². The van der Waals surface area contributed by atoms with Gasteiger partial charge in [0.05, 0.1) is 0 Å². The van der Waals surface area contributed by atoms with Crippen LogP contribution in [0.2, 0.25) is 0 Å². The molecule has 1 aliphatic heterocycles. The first kappa shape index (κ1) is 23.3. The van der Waals surface area contributed by atoms with E-state index >= 15 is 0 Å². The van der Waals surface area contributed by atoms with Gasteiger partial charge >= 0.3 is 0 Å². The van der Waals surface area contributed by atoms with Crippen LogP contribution in [-0.2, 0) is 0 Å². The summed E-state index contributed by atoms with van der Waals surface area (Å²) in [5.74, 6) is 2.70. The zero-order valence-corrected chi connectivity index (χ0v) is 17.7. The Hall–Kier alpha value is 0.270. The van der Waals surface area contributed by atoms with Gasteiger partial charge in [0.25, 0.3) is 0 Å². The number of rotatable bonds is 18. The Labute approximate surface area is 162 Å². The highest BCUT2D eigenvalue weighted by molar-refractivity contribution is 7.99. The van der Waals surface area contributed by atoms with Crippen LogP contribution in [0.4, 0.5) is 0 Å². The molecule has 0 amide bonds. The summed E-state index contributed by atoms with van der Waals surface area (Å²) in [7, 11) is 0. The molecule has 1 heterocycles. The van der Waals surface area contributed by atoms with Gasteiger partial charge in [-0.3, -0.25) is 0 Å². The van der Waals surface area contributed by atoms with E-state index in [1.54, 1.807) is 0 Å². The molecule has 1 aliphatic rings. The van der Waals surface area contributed by atoms with Crippen LogP contribution >= 0.6 is 11.8 Å². The van der Waals surface area contributed by atoms with Gasteiger partial charge in [-0.25, -0.2) is 0 Å². The fraction of sp³-hybridized carbons (Fsp3) is 1.00. The van der Waals surface area contributed by atoms with Gasteiger partial charge < -0.3 is 10.0 Å². The van der Waals surface area contributed by atoms with Gasteiger partial charge in [0.15, 0.2) is 0 Å². The van der Waals surface area contributed by atoms with Crippen LogP contribution in [0.1, 0.15) is 103 Å². The van der Waals surface area contributed by atoms with E-state index in [4.69, 9.17) is 5.11 Å². The molecule has 150 valence electrons. The number of hydrogen-bond acceptors (Lipinski definition) is 3.